The molecule has 0 amide bonds. The highest BCUT2D eigenvalue weighted by molar-refractivity contribution is 5.78. The minimum Gasteiger partial charge on any atom is -0.370 e. The van der Waals surface area contributed by atoms with Crippen LogP contribution in [0.1, 0.15) is 5.82 Å². The third-order valence-electron chi connectivity index (χ3n) is 0.908. The van der Waals surface area contributed by atoms with Crippen molar-refractivity contribution in [2.24, 2.45) is 16.5 Å². The molecule has 4 N–H and O–H groups in total. The average Bonchev–Trinajstić information content (AvgIpc) is 1.93. The molecule has 1 aromatic heterocycles. The molecule has 58 valence electrons. The highest BCUT2D eigenvalue weighted by atomic mass is 15.2. The molecule has 0 aromatic carbocycles. The van der Waals surface area contributed by atoms with Crippen LogP contribution in [0, 0.1) is 6.92 Å². The van der Waals surface area contributed by atoms with Crippen molar-refractivity contribution in [1.29, 1.82) is 0 Å². The van der Waals surface area contributed by atoms with Gasteiger partial charge in [0.25, 0.3) is 0 Å². The molecule has 0 aliphatic heterocycles. The molecule has 6 heteroatoms. The first-order valence-corrected chi connectivity index (χ1v) is 2.94. The van der Waals surface area contributed by atoms with Crippen LogP contribution in [-0.4, -0.2) is 21.1 Å². The molecule has 0 radical (unpaired) electrons. The van der Waals surface area contributed by atoms with Crippen LogP contribution in [0.25, 0.3) is 0 Å². The highest BCUT2D eigenvalue weighted by Gasteiger charge is 1.91. The van der Waals surface area contributed by atoms with Crippen molar-refractivity contribution in [1.82, 2.24) is 15.2 Å². The predicted octanol–water partition coefficient (Wildman–Crippen LogP) is -0.915. The van der Waals surface area contributed by atoms with Crippen LogP contribution in [0.5, 0.6) is 0 Å². The number of rotatable bonds is 1. The van der Waals surface area contributed by atoms with Gasteiger partial charge in [0.05, 0.1) is 6.20 Å². The summed E-state index contributed by atoms with van der Waals surface area (Å²) < 4.78 is 0. The number of guanidine groups is 1. The topological polar surface area (TPSA) is 103 Å². The van der Waals surface area contributed by atoms with Gasteiger partial charge in [-0.15, -0.1) is 10.2 Å². The van der Waals surface area contributed by atoms with Gasteiger partial charge in [-0.25, -0.2) is 4.98 Å². The molecular formula is C5H8N6. The molecule has 0 spiro atoms. The van der Waals surface area contributed by atoms with Crippen LogP contribution < -0.4 is 11.5 Å². The summed E-state index contributed by atoms with van der Waals surface area (Å²) in [6.07, 6.45) is 1.45. The first-order chi connectivity index (χ1) is 5.18. The van der Waals surface area contributed by atoms with Gasteiger partial charge in [0.15, 0.2) is 11.8 Å². The fourth-order valence-electron chi connectivity index (χ4n) is 0.510. The van der Waals surface area contributed by atoms with Gasteiger partial charge in [0.1, 0.15) is 5.82 Å². The van der Waals surface area contributed by atoms with E-state index in [1.165, 1.54) is 6.20 Å². The summed E-state index contributed by atoms with van der Waals surface area (Å²) in [5.74, 6) is 0.847. The number of aromatic nitrogens is 3. The van der Waals surface area contributed by atoms with Crippen molar-refractivity contribution < 1.29 is 0 Å². The lowest BCUT2D eigenvalue weighted by Gasteiger charge is -1.91. The third kappa shape index (κ3) is 2.17. The van der Waals surface area contributed by atoms with Gasteiger partial charge in [-0.1, -0.05) is 0 Å². The number of nitrogens with two attached hydrogens (primary N) is 2. The third-order valence-corrected chi connectivity index (χ3v) is 0.908. The van der Waals surface area contributed by atoms with Gasteiger partial charge < -0.3 is 11.5 Å². The number of nitrogens with zero attached hydrogens (tertiary/aromatic N) is 4. The van der Waals surface area contributed by atoms with Crippen molar-refractivity contribution in [2.75, 3.05) is 0 Å². The zero-order valence-electron chi connectivity index (χ0n) is 6.02. The maximum absolute atomic E-state index is 5.09. The fourth-order valence-corrected chi connectivity index (χ4v) is 0.510. The van der Waals surface area contributed by atoms with Gasteiger partial charge in [0.2, 0.25) is 0 Å². The minimum atomic E-state index is -0.0510. The summed E-state index contributed by atoms with van der Waals surface area (Å²) in [6, 6.07) is 0. The zero-order valence-corrected chi connectivity index (χ0v) is 6.02. The number of aliphatic imine (C=N–C) groups is 1. The second kappa shape index (κ2) is 2.91. The number of hydrogen-bond acceptors (Lipinski definition) is 4. The molecule has 0 unspecified atom stereocenters. The Morgan fingerprint density at radius 2 is 2.18 bits per heavy atom. The standard InChI is InChI=1S/C5H8N6/c1-3-8-2-4(11-10-3)9-5(6)7/h2H,1H3,(H4,6,7,9,11). The number of hydrogen-bond donors (Lipinski definition) is 2. The summed E-state index contributed by atoms with van der Waals surface area (Å²) >= 11 is 0. The van der Waals surface area contributed by atoms with E-state index in [0.717, 1.165) is 0 Å². The normalized spacial score (nSPS) is 9.18. The Morgan fingerprint density at radius 1 is 1.45 bits per heavy atom. The van der Waals surface area contributed by atoms with Gasteiger partial charge in [-0.3, -0.25) is 0 Å². The first-order valence-electron chi connectivity index (χ1n) is 2.94. The molecule has 11 heavy (non-hydrogen) atoms. The van der Waals surface area contributed by atoms with Crippen molar-refractivity contribution in [3.8, 4) is 0 Å². The van der Waals surface area contributed by atoms with Crippen LogP contribution in [-0.2, 0) is 0 Å². The van der Waals surface area contributed by atoms with Gasteiger partial charge in [-0.2, -0.15) is 4.99 Å². The van der Waals surface area contributed by atoms with Crippen molar-refractivity contribution in [3.05, 3.63) is 12.0 Å². The molecule has 0 fully saturated rings. The van der Waals surface area contributed by atoms with E-state index in [1.807, 2.05) is 0 Å². The minimum absolute atomic E-state index is 0.0510. The zero-order chi connectivity index (χ0) is 8.27. The molecule has 0 aliphatic carbocycles. The Balaban J connectivity index is 2.91. The lowest BCUT2D eigenvalue weighted by molar-refractivity contribution is 0.905. The summed E-state index contributed by atoms with van der Waals surface area (Å²) in [5, 5.41) is 7.31. The van der Waals surface area contributed by atoms with Crippen LogP contribution in [0.15, 0.2) is 11.2 Å². The molecule has 0 saturated carbocycles. The average molecular weight is 152 g/mol. The van der Waals surface area contributed by atoms with Crippen molar-refractivity contribution in [3.63, 3.8) is 0 Å². The van der Waals surface area contributed by atoms with E-state index < -0.39 is 0 Å². The molecular weight excluding hydrogens is 144 g/mol. The van der Waals surface area contributed by atoms with E-state index >= 15 is 0 Å². The predicted molar refractivity (Wildman–Crippen MR) is 40.0 cm³/mol. The molecule has 1 aromatic rings. The van der Waals surface area contributed by atoms with Gasteiger partial charge in [0, 0.05) is 0 Å². The molecule has 1 heterocycles. The van der Waals surface area contributed by atoms with Crippen molar-refractivity contribution in [2.45, 2.75) is 6.92 Å². The molecule has 0 aliphatic rings. The lowest BCUT2D eigenvalue weighted by Crippen LogP contribution is -2.22. The summed E-state index contributed by atoms with van der Waals surface area (Å²) in [7, 11) is 0. The highest BCUT2D eigenvalue weighted by Crippen LogP contribution is 2.00. The monoisotopic (exact) mass is 152 g/mol. The Morgan fingerprint density at radius 3 is 2.64 bits per heavy atom. The molecule has 0 bridgehead atoms. The molecule has 0 saturated heterocycles. The lowest BCUT2D eigenvalue weighted by atomic mass is 10.7. The quantitative estimate of drug-likeness (QED) is 0.400. The van der Waals surface area contributed by atoms with Crippen LogP contribution >= 0.6 is 0 Å². The van der Waals surface area contributed by atoms with Crippen molar-refractivity contribution >= 4 is 11.8 Å². The van der Waals surface area contributed by atoms with Gasteiger partial charge in [-0.05, 0) is 6.92 Å². The summed E-state index contributed by atoms with van der Waals surface area (Å²) in [5.41, 5.74) is 10.2. The van der Waals surface area contributed by atoms with E-state index in [1.54, 1.807) is 6.92 Å². The van der Waals surface area contributed by atoms with E-state index in [4.69, 9.17) is 11.5 Å². The Kier molecular flexibility index (Phi) is 1.95. The second-order valence-electron chi connectivity index (χ2n) is 1.90. The Bertz CT molecular complexity index is 259. The second-order valence-corrected chi connectivity index (χ2v) is 1.90. The van der Waals surface area contributed by atoms with E-state index in [2.05, 4.69) is 20.2 Å². The largest absolute Gasteiger partial charge is 0.370 e. The fraction of sp³-hybridized carbons (Fsp3) is 0.200. The Labute approximate surface area is 63.4 Å². The van der Waals surface area contributed by atoms with E-state index in [-0.39, 0.29) is 5.96 Å². The van der Waals surface area contributed by atoms with Crippen LogP contribution in [0.4, 0.5) is 5.82 Å². The number of aryl methyl sites for hydroxylation is 1. The maximum atomic E-state index is 5.09. The summed E-state index contributed by atoms with van der Waals surface area (Å²) in [6.45, 7) is 1.73. The molecule has 0 atom stereocenters. The molecule has 1 rings (SSSR count). The maximum Gasteiger partial charge on any atom is 0.196 e. The first kappa shape index (κ1) is 7.39. The van der Waals surface area contributed by atoms with E-state index in [0.29, 0.717) is 11.6 Å². The Hall–Kier alpha value is -1.72. The SMILES string of the molecule is Cc1ncc(N=C(N)N)nn1. The smallest absolute Gasteiger partial charge is 0.196 e. The molecule has 6 nitrogen and oxygen atoms in total. The van der Waals surface area contributed by atoms with E-state index in [9.17, 15) is 0 Å². The summed E-state index contributed by atoms with van der Waals surface area (Å²) in [4.78, 5) is 7.48. The van der Waals surface area contributed by atoms with Crippen LogP contribution in [0.2, 0.25) is 0 Å². The van der Waals surface area contributed by atoms with Gasteiger partial charge >= 0.3 is 0 Å². The van der Waals surface area contributed by atoms with Crippen LogP contribution in [0.3, 0.4) is 0 Å².